The number of aryl methyl sites for hydroxylation is 1. The molecule has 0 saturated carbocycles. The van der Waals surface area contributed by atoms with Crippen LogP contribution < -0.4 is 5.32 Å². The third kappa shape index (κ3) is 2.80. The van der Waals surface area contributed by atoms with Crippen LogP contribution in [0.25, 0.3) is 21.8 Å². The van der Waals surface area contributed by atoms with E-state index in [9.17, 15) is 13.2 Å². The Balaban J connectivity index is 1.70. The summed E-state index contributed by atoms with van der Waals surface area (Å²) in [6, 6.07) is 14.1. The molecule has 2 aromatic carbocycles. The van der Waals surface area contributed by atoms with Crippen molar-refractivity contribution >= 4 is 43.2 Å². The quantitative estimate of drug-likeness (QED) is 0.784. The van der Waals surface area contributed by atoms with Crippen LogP contribution in [0.15, 0.2) is 42.5 Å². The van der Waals surface area contributed by atoms with Gasteiger partial charge in [-0.25, -0.2) is 8.42 Å². The van der Waals surface area contributed by atoms with E-state index in [-0.39, 0.29) is 17.4 Å². The highest BCUT2D eigenvalue weighted by Gasteiger charge is 2.32. The summed E-state index contributed by atoms with van der Waals surface area (Å²) in [6.45, 7) is 2.98. The Morgan fingerprint density at radius 2 is 1.92 bits per heavy atom. The first kappa shape index (κ1) is 16.1. The van der Waals surface area contributed by atoms with E-state index in [2.05, 4.69) is 28.9 Å². The molecule has 0 bridgehead atoms. The molecule has 1 amide bonds. The van der Waals surface area contributed by atoms with E-state index >= 15 is 0 Å². The summed E-state index contributed by atoms with van der Waals surface area (Å²) in [4.78, 5) is 12.4. The van der Waals surface area contributed by atoms with Crippen molar-refractivity contribution in [3.8, 4) is 0 Å². The molecule has 1 aliphatic heterocycles. The average Bonchev–Trinajstić information content (AvgIpc) is 3.12. The number of nitrogens with one attached hydrogen (secondary N) is 1. The summed E-state index contributed by atoms with van der Waals surface area (Å²) in [5, 5.41) is 5.14. The lowest BCUT2D eigenvalue weighted by molar-refractivity contribution is -0.119. The summed E-state index contributed by atoms with van der Waals surface area (Å²) in [6.07, 6.45) is 0.408. The van der Waals surface area contributed by atoms with Crippen molar-refractivity contribution in [3.63, 3.8) is 0 Å². The van der Waals surface area contributed by atoms with Crippen molar-refractivity contribution in [1.29, 1.82) is 0 Å². The number of nitrogens with zero attached hydrogens (tertiary/aromatic N) is 1. The Bertz CT molecular complexity index is 1080. The molecule has 1 fully saturated rings. The van der Waals surface area contributed by atoms with Crippen LogP contribution in [0.4, 0.5) is 5.69 Å². The molecule has 4 rings (SSSR count). The molecule has 0 aliphatic carbocycles. The second-order valence-corrected chi connectivity index (χ2v) is 8.81. The Morgan fingerprint density at radius 1 is 1.16 bits per heavy atom. The standard InChI is InChI=1S/C19H20N2O3S/c1-2-21-17-6-4-3-5-15(17)16-11-14(7-8-18(16)21)20-19(22)13-9-10-25(23,24)12-13/h3-8,11,13H,2,9-10,12H2,1H3,(H,20,22). The molecule has 25 heavy (non-hydrogen) atoms. The van der Waals surface area contributed by atoms with Crippen LogP contribution in [0, 0.1) is 5.92 Å². The zero-order chi connectivity index (χ0) is 17.6. The van der Waals surface area contributed by atoms with Crippen LogP contribution in [-0.2, 0) is 21.2 Å². The van der Waals surface area contributed by atoms with Crippen molar-refractivity contribution in [2.75, 3.05) is 16.8 Å². The number of hydrogen-bond donors (Lipinski definition) is 1. The molecule has 0 spiro atoms. The summed E-state index contributed by atoms with van der Waals surface area (Å²) < 4.78 is 25.4. The maximum atomic E-state index is 12.4. The smallest absolute Gasteiger partial charge is 0.228 e. The lowest BCUT2D eigenvalue weighted by Crippen LogP contribution is -2.23. The Hall–Kier alpha value is -2.34. The maximum absolute atomic E-state index is 12.4. The normalized spacial score (nSPS) is 19.5. The highest BCUT2D eigenvalue weighted by Crippen LogP contribution is 2.31. The van der Waals surface area contributed by atoms with Gasteiger partial charge in [-0.3, -0.25) is 4.79 Å². The van der Waals surface area contributed by atoms with Gasteiger partial charge in [0.05, 0.1) is 17.4 Å². The minimum Gasteiger partial charge on any atom is -0.341 e. The van der Waals surface area contributed by atoms with Gasteiger partial charge in [0, 0.05) is 34.0 Å². The number of carbonyl (C=O) groups is 1. The van der Waals surface area contributed by atoms with E-state index in [0.29, 0.717) is 12.1 Å². The number of para-hydroxylation sites is 1. The molecule has 1 N–H and O–H groups in total. The topological polar surface area (TPSA) is 68.2 Å². The Morgan fingerprint density at radius 3 is 2.64 bits per heavy atom. The van der Waals surface area contributed by atoms with Crippen LogP contribution in [0.1, 0.15) is 13.3 Å². The monoisotopic (exact) mass is 356 g/mol. The number of benzene rings is 2. The fourth-order valence-electron chi connectivity index (χ4n) is 3.72. The molecule has 5 nitrogen and oxygen atoms in total. The highest BCUT2D eigenvalue weighted by molar-refractivity contribution is 7.91. The molecule has 3 aromatic rings. The van der Waals surface area contributed by atoms with Gasteiger partial charge in [0.2, 0.25) is 5.91 Å². The van der Waals surface area contributed by atoms with Gasteiger partial charge >= 0.3 is 0 Å². The second kappa shape index (κ2) is 5.88. The van der Waals surface area contributed by atoms with Gasteiger partial charge in [-0.1, -0.05) is 18.2 Å². The van der Waals surface area contributed by atoms with Gasteiger partial charge in [0.1, 0.15) is 0 Å². The lowest BCUT2D eigenvalue weighted by Gasteiger charge is -2.10. The Labute approximate surface area is 146 Å². The Kier molecular flexibility index (Phi) is 3.80. The van der Waals surface area contributed by atoms with Crippen molar-refractivity contribution in [1.82, 2.24) is 4.57 Å². The van der Waals surface area contributed by atoms with E-state index < -0.39 is 15.8 Å². The van der Waals surface area contributed by atoms with Crippen molar-refractivity contribution in [2.24, 2.45) is 5.92 Å². The molecular formula is C19H20N2O3S. The van der Waals surface area contributed by atoms with Crippen LogP contribution in [0.5, 0.6) is 0 Å². The number of anilines is 1. The summed E-state index contributed by atoms with van der Waals surface area (Å²) in [7, 11) is -3.06. The number of sulfone groups is 1. The SMILES string of the molecule is CCn1c2ccccc2c2cc(NC(=O)C3CCS(=O)(=O)C3)ccc21. The summed E-state index contributed by atoms with van der Waals surface area (Å²) in [5.74, 6) is -0.595. The number of aromatic nitrogens is 1. The lowest BCUT2D eigenvalue weighted by atomic mass is 10.1. The second-order valence-electron chi connectivity index (χ2n) is 6.58. The zero-order valence-corrected chi connectivity index (χ0v) is 14.8. The molecular weight excluding hydrogens is 336 g/mol. The van der Waals surface area contributed by atoms with Crippen LogP contribution in [0.3, 0.4) is 0 Å². The molecule has 1 aromatic heterocycles. The molecule has 6 heteroatoms. The molecule has 130 valence electrons. The van der Waals surface area contributed by atoms with E-state index in [1.165, 1.54) is 5.52 Å². The number of carbonyl (C=O) groups excluding carboxylic acids is 1. The van der Waals surface area contributed by atoms with Crippen LogP contribution >= 0.6 is 0 Å². The van der Waals surface area contributed by atoms with Gasteiger partial charge in [0.15, 0.2) is 9.84 Å². The molecule has 0 radical (unpaired) electrons. The predicted octanol–water partition coefficient (Wildman–Crippen LogP) is 3.19. The molecule has 1 atom stereocenters. The minimum atomic E-state index is -3.06. The van der Waals surface area contributed by atoms with E-state index in [4.69, 9.17) is 0 Å². The van der Waals surface area contributed by atoms with E-state index in [0.717, 1.165) is 22.8 Å². The van der Waals surface area contributed by atoms with Gasteiger partial charge in [-0.15, -0.1) is 0 Å². The van der Waals surface area contributed by atoms with Crippen molar-refractivity contribution in [3.05, 3.63) is 42.5 Å². The van der Waals surface area contributed by atoms with Crippen molar-refractivity contribution in [2.45, 2.75) is 19.9 Å². The van der Waals surface area contributed by atoms with Gasteiger partial charge in [-0.2, -0.15) is 0 Å². The van der Waals surface area contributed by atoms with Crippen LogP contribution in [-0.4, -0.2) is 30.4 Å². The fraction of sp³-hybridized carbons (Fsp3) is 0.316. The zero-order valence-electron chi connectivity index (χ0n) is 14.0. The van der Waals surface area contributed by atoms with Crippen LogP contribution in [0.2, 0.25) is 0 Å². The average molecular weight is 356 g/mol. The first-order valence-corrected chi connectivity index (χ1v) is 10.3. The van der Waals surface area contributed by atoms with Gasteiger partial charge in [-0.05, 0) is 37.6 Å². The number of amides is 1. The molecule has 2 heterocycles. The molecule has 1 aliphatic rings. The molecule has 1 saturated heterocycles. The number of rotatable bonds is 3. The summed E-state index contributed by atoms with van der Waals surface area (Å²) >= 11 is 0. The predicted molar refractivity (Wildman–Crippen MR) is 101 cm³/mol. The number of hydrogen-bond acceptors (Lipinski definition) is 3. The largest absolute Gasteiger partial charge is 0.341 e. The number of fused-ring (bicyclic) bond motifs is 3. The third-order valence-electron chi connectivity index (χ3n) is 4.96. The van der Waals surface area contributed by atoms with Gasteiger partial charge < -0.3 is 9.88 Å². The van der Waals surface area contributed by atoms with Crippen molar-refractivity contribution < 1.29 is 13.2 Å². The van der Waals surface area contributed by atoms with E-state index in [1.54, 1.807) is 0 Å². The first-order valence-electron chi connectivity index (χ1n) is 8.51. The fourth-order valence-corrected chi connectivity index (χ4v) is 5.46. The highest BCUT2D eigenvalue weighted by atomic mass is 32.2. The first-order chi connectivity index (χ1) is 12.0. The summed E-state index contributed by atoms with van der Waals surface area (Å²) in [5.41, 5.74) is 3.01. The van der Waals surface area contributed by atoms with E-state index in [1.807, 2.05) is 30.3 Å². The molecule has 1 unspecified atom stereocenters. The van der Waals surface area contributed by atoms with Gasteiger partial charge in [0.25, 0.3) is 0 Å². The third-order valence-corrected chi connectivity index (χ3v) is 6.73. The minimum absolute atomic E-state index is 0.0454. The maximum Gasteiger partial charge on any atom is 0.228 e.